The molecule has 0 spiro atoms. The first-order chi connectivity index (χ1) is 15.7. The topological polar surface area (TPSA) is 109 Å². The Bertz CT molecular complexity index is 1310. The number of esters is 1. The minimum absolute atomic E-state index is 0.0370. The van der Waals surface area contributed by atoms with E-state index in [1.54, 1.807) is 28.9 Å². The summed E-state index contributed by atoms with van der Waals surface area (Å²) in [6.45, 7) is 3.80. The first kappa shape index (κ1) is 23.9. The van der Waals surface area contributed by atoms with Crippen molar-refractivity contribution in [2.24, 2.45) is 0 Å². The molecule has 0 aliphatic heterocycles. The van der Waals surface area contributed by atoms with Gasteiger partial charge in [0.25, 0.3) is 10.0 Å². The van der Waals surface area contributed by atoms with Gasteiger partial charge >= 0.3 is 5.97 Å². The minimum atomic E-state index is -4.09. The highest BCUT2D eigenvalue weighted by Crippen LogP contribution is 2.37. The maximum absolute atomic E-state index is 13.3. The third kappa shape index (κ3) is 5.35. The summed E-state index contributed by atoms with van der Waals surface area (Å²) in [6.07, 6.45) is 2.61. The van der Waals surface area contributed by atoms with E-state index in [1.165, 1.54) is 39.5 Å². The lowest BCUT2D eigenvalue weighted by Gasteiger charge is -2.16. The van der Waals surface area contributed by atoms with E-state index < -0.39 is 16.0 Å². The van der Waals surface area contributed by atoms with Crippen molar-refractivity contribution in [2.45, 2.75) is 18.7 Å². The van der Waals surface area contributed by atoms with E-state index in [-0.39, 0.29) is 16.4 Å². The zero-order chi connectivity index (χ0) is 24.2. The summed E-state index contributed by atoms with van der Waals surface area (Å²) in [5, 5.41) is 4.44. The molecule has 0 atom stereocenters. The summed E-state index contributed by atoms with van der Waals surface area (Å²) in [5.41, 5.74) is 3.24. The van der Waals surface area contributed by atoms with Gasteiger partial charge in [0.2, 0.25) is 0 Å². The predicted octanol–water partition coefficient (Wildman–Crippen LogP) is 3.49. The Hall–Kier alpha value is -3.79. The van der Waals surface area contributed by atoms with Gasteiger partial charge in [-0.05, 0) is 61.9 Å². The van der Waals surface area contributed by atoms with Crippen LogP contribution in [0.5, 0.6) is 11.5 Å². The van der Waals surface area contributed by atoms with Crippen LogP contribution >= 0.6 is 0 Å². The van der Waals surface area contributed by atoms with Crippen LogP contribution in [0.2, 0.25) is 0 Å². The highest BCUT2D eigenvalue weighted by atomic mass is 32.2. The van der Waals surface area contributed by atoms with Gasteiger partial charge in [0.15, 0.2) is 11.5 Å². The van der Waals surface area contributed by atoms with Gasteiger partial charge in [0, 0.05) is 11.8 Å². The fourth-order valence-electron chi connectivity index (χ4n) is 3.28. The molecule has 0 fully saturated rings. The first-order valence-corrected chi connectivity index (χ1v) is 11.4. The number of nitrogens with one attached hydrogen (secondary N) is 1. The van der Waals surface area contributed by atoms with Gasteiger partial charge in [0.1, 0.15) is 4.90 Å². The zero-order valence-corrected chi connectivity index (χ0v) is 19.8. The van der Waals surface area contributed by atoms with Crippen LogP contribution in [0.3, 0.4) is 0 Å². The highest BCUT2D eigenvalue weighted by molar-refractivity contribution is 7.92. The molecule has 1 heterocycles. The average Bonchev–Trinajstić information content (AvgIpc) is 3.14. The van der Waals surface area contributed by atoms with Gasteiger partial charge in [-0.15, -0.1) is 0 Å². The van der Waals surface area contributed by atoms with E-state index >= 15 is 0 Å². The molecule has 1 N–H and O–H groups in total. The second kappa shape index (κ2) is 9.78. The van der Waals surface area contributed by atoms with Crippen molar-refractivity contribution < 1.29 is 27.4 Å². The molecule has 0 aliphatic rings. The molecule has 9 nitrogen and oxygen atoms in total. The Labute approximate surface area is 192 Å². The van der Waals surface area contributed by atoms with E-state index in [0.717, 1.165) is 11.4 Å². The maximum Gasteiger partial charge on any atom is 0.330 e. The summed E-state index contributed by atoms with van der Waals surface area (Å²) < 4.78 is 46.2. The number of sulfonamides is 1. The largest absolute Gasteiger partial charge is 0.493 e. The van der Waals surface area contributed by atoms with Crippen LogP contribution in [-0.4, -0.2) is 45.5 Å². The number of aryl methyl sites for hydroxylation is 2. The number of methoxy groups -OCH3 is 3. The summed E-state index contributed by atoms with van der Waals surface area (Å²) in [4.78, 5) is 11.3. The van der Waals surface area contributed by atoms with Crippen molar-refractivity contribution in [3.63, 3.8) is 0 Å². The van der Waals surface area contributed by atoms with E-state index in [4.69, 9.17) is 9.47 Å². The molecule has 1 aromatic heterocycles. The molecule has 0 aliphatic carbocycles. The van der Waals surface area contributed by atoms with E-state index in [9.17, 15) is 13.2 Å². The lowest BCUT2D eigenvalue weighted by atomic mass is 10.2. The highest BCUT2D eigenvalue weighted by Gasteiger charge is 2.24. The standard InChI is InChI=1S/C23H25N3O6S/c1-15-11-16(2)26(24-15)19-8-6-7-18(14-19)25-33(28,29)21-13-17(9-10-22(27)31-4)12-20(30-3)23(21)32-5/h6-14,25H,1-5H3/b10-9+. The number of carbonyl (C=O) groups is 1. The Morgan fingerprint density at radius 3 is 2.42 bits per heavy atom. The molecule has 3 aromatic rings. The SMILES string of the molecule is COC(=O)/C=C/c1cc(OC)c(OC)c(S(=O)(=O)Nc2cccc(-n3nc(C)cc3C)c2)c1. The minimum Gasteiger partial charge on any atom is -0.493 e. The average molecular weight is 472 g/mol. The second-order valence-corrected chi connectivity index (χ2v) is 8.76. The molecular formula is C23H25N3O6S. The number of carbonyl (C=O) groups excluding carboxylic acids is 1. The molecule has 3 rings (SSSR count). The molecule has 10 heteroatoms. The van der Waals surface area contributed by atoms with Crippen LogP contribution in [0.4, 0.5) is 5.69 Å². The summed E-state index contributed by atoms with van der Waals surface area (Å²) in [7, 11) is -0.0950. The van der Waals surface area contributed by atoms with Gasteiger partial charge in [-0.1, -0.05) is 6.07 Å². The second-order valence-electron chi connectivity index (χ2n) is 7.11. The maximum atomic E-state index is 13.3. The normalized spacial score (nSPS) is 11.4. The van der Waals surface area contributed by atoms with Crippen molar-refractivity contribution in [1.29, 1.82) is 0 Å². The quantitative estimate of drug-likeness (QED) is 0.396. The Morgan fingerprint density at radius 1 is 1.06 bits per heavy atom. The molecular weight excluding hydrogens is 446 g/mol. The number of nitrogens with zero attached hydrogens (tertiary/aromatic N) is 2. The molecule has 0 unspecified atom stereocenters. The van der Waals surface area contributed by atoms with Gasteiger partial charge < -0.3 is 14.2 Å². The van der Waals surface area contributed by atoms with Crippen LogP contribution in [-0.2, 0) is 19.6 Å². The fraction of sp³-hybridized carbons (Fsp3) is 0.217. The smallest absolute Gasteiger partial charge is 0.330 e. The van der Waals surface area contributed by atoms with Gasteiger partial charge in [-0.2, -0.15) is 5.10 Å². The molecule has 2 aromatic carbocycles. The molecule has 174 valence electrons. The van der Waals surface area contributed by atoms with Crippen molar-refractivity contribution in [3.8, 4) is 17.2 Å². The Kier molecular flexibility index (Phi) is 7.07. The third-order valence-corrected chi connectivity index (χ3v) is 6.11. The number of anilines is 1. The van der Waals surface area contributed by atoms with Crippen molar-refractivity contribution in [3.05, 3.63) is 65.5 Å². The van der Waals surface area contributed by atoms with E-state index in [2.05, 4.69) is 14.6 Å². The summed E-state index contributed by atoms with van der Waals surface area (Å²) in [5.74, 6) is -0.343. The summed E-state index contributed by atoms with van der Waals surface area (Å²) in [6, 6.07) is 11.8. The Morgan fingerprint density at radius 2 is 1.82 bits per heavy atom. The lowest BCUT2D eigenvalue weighted by molar-refractivity contribution is -0.134. The van der Waals surface area contributed by atoms with Crippen molar-refractivity contribution in [2.75, 3.05) is 26.1 Å². The number of hydrogen-bond donors (Lipinski definition) is 1. The first-order valence-electron chi connectivity index (χ1n) is 9.87. The molecule has 0 saturated heterocycles. The summed E-state index contributed by atoms with van der Waals surface area (Å²) >= 11 is 0. The van der Waals surface area contributed by atoms with Gasteiger partial charge in [-0.3, -0.25) is 4.72 Å². The predicted molar refractivity (Wildman–Crippen MR) is 124 cm³/mol. The monoisotopic (exact) mass is 471 g/mol. The zero-order valence-electron chi connectivity index (χ0n) is 18.9. The van der Waals surface area contributed by atoms with Crippen molar-refractivity contribution >= 4 is 27.8 Å². The van der Waals surface area contributed by atoms with Crippen LogP contribution < -0.4 is 14.2 Å². The number of hydrogen-bond acceptors (Lipinski definition) is 7. The third-order valence-electron chi connectivity index (χ3n) is 4.72. The van der Waals surface area contributed by atoms with Gasteiger partial charge in [-0.25, -0.2) is 17.9 Å². The van der Waals surface area contributed by atoms with Crippen LogP contribution in [0.1, 0.15) is 17.0 Å². The van der Waals surface area contributed by atoms with E-state index in [0.29, 0.717) is 16.9 Å². The molecule has 33 heavy (non-hydrogen) atoms. The lowest BCUT2D eigenvalue weighted by Crippen LogP contribution is -2.15. The molecule has 0 saturated carbocycles. The number of benzene rings is 2. The number of ether oxygens (including phenoxy) is 3. The van der Waals surface area contributed by atoms with Crippen molar-refractivity contribution in [1.82, 2.24) is 9.78 Å². The van der Waals surface area contributed by atoms with Crippen LogP contribution in [0, 0.1) is 13.8 Å². The number of rotatable bonds is 8. The van der Waals surface area contributed by atoms with Crippen LogP contribution in [0.25, 0.3) is 11.8 Å². The molecule has 0 amide bonds. The van der Waals surface area contributed by atoms with E-state index in [1.807, 2.05) is 26.0 Å². The van der Waals surface area contributed by atoms with Gasteiger partial charge in [0.05, 0.1) is 38.4 Å². The molecule has 0 bridgehead atoms. The number of aromatic nitrogens is 2. The molecule has 0 radical (unpaired) electrons. The van der Waals surface area contributed by atoms with Crippen LogP contribution in [0.15, 0.2) is 53.4 Å². The fourth-order valence-corrected chi connectivity index (χ4v) is 4.55. The Balaban J connectivity index is 2.03.